The summed E-state index contributed by atoms with van der Waals surface area (Å²) in [5, 5.41) is 8.95. The fraction of sp³-hybridized carbons (Fsp3) is 0.658. The number of halogens is 2. The van der Waals surface area contributed by atoms with E-state index in [1.165, 1.54) is 124 Å². The number of nitrogens with zero attached hydrogens (tertiary/aromatic N) is 1. The topological polar surface area (TPSA) is 32.5 Å². The maximum Gasteiger partial charge on any atom is 0.183 e. The molecule has 0 aliphatic carbocycles. The van der Waals surface area contributed by atoms with Crippen molar-refractivity contribution in [3.63, 3.8) is 0 Å². The minimum absolute atomic E-state index is 0.307. The minimum Gasteiger partial charge on any atom is -0.496 e. The molecule has 2 aromatic rings. The zero-order chi connectivity index (χ0) is 30.7. The number of ether oxygens (including phenoxy) is 1. The number of benzene rings is 2. The number of hydrogen-bond donors (Lipinski definition) is 1. The minimum atomic E-state index is -0.383. The Morgan fingerprint density at radius 3 is 1.98 bits per heavy atom. The summed E-state index contributed by atoms with van der Waals surface area (Å²) in [5.41, 5.74) is 5.72. The number of fused-ring (bicyclic) bond motifs is 1. The van der Waals surface area contributed by atoms with Crippen molar-refractivity contribution >= 4 is 5.71 Å². The molecule has 0 saturated carbocycles. The largest absolute Gasteiger partial charge is 0.496 e. The molecule has 43 heavy (non-hydrogen) atoms. The van der Waals surface area contributed by atoms with Gasteiger partial charge in [0.05, 0.1) is 12.7 Å². The van der Waals surface area contributed by atoms with Gasteiger partial charge in [-0.15, -0.1) is 0 Å². The van der Waals surface area contributed by atoms with E-state index in [4.69, 9.17) is 9.84 Å². The van der Waals surface area contributed by atoms with E-state index >= 15 is 0 Å². The maximum absolute atomic E-state index is 14.7. The van der Waals surface area contributed by atoms with Crippen LogP contribution < -0.4 is 4.74 Å². The predicted molar refractivity (Wildman–Crippen MR) is 176 cm³/mol. The second kappa shape index (κ2) is 20.6. The summed E-state index contributed by atoms with van der Waals surface area (Å²) in [5.74, 6) is 0.264. The second-order valence-electron chi connectivity index (χ2n) is 12.5. The fourth-order valence-corrected chi connectivity index (χ4v) is 6.66. The Morgan fingerprint density at radius 2 is 1.35 bits per heavy atom. The van der Waals surface area contributed by atoms with Crippen LogP contribution in [0.25, 0.3) is 0 Å². The van der Waals surface area contributed by atoms with Crippen molar-refractivity contribution in [2.75, 3.05) is 20.3 Å². The maximum atomic E-state index is 14.7. The van der Waals surface area contributed by atoms with E-state index in [9.17, 15) is 8.78 Å². The molecule has 0 saturated heterocycles. The molecule has 0 spiro atoms. The van der Waals surface area contributed by atoms with E-state index in [0.29, 0.717) is 18.7 Å². The Balaban J connectivity index is 1.70. The molecule has 0 atom stereocenters. The highest BCUT2D eigenvalue weighted by atomic mass is 19.1. The van der Waals surface area contributed by atoms with Gasteiger partial charge >= 0.3 is 0 Å². The van der Waals surface area contributed by atoms with Crippen LogP contribution in [-0.2, 0) is 19.4 Å². The van der Waals surface area contributed by atoms with E-state index in [2.05, 4.69) is 23.6 Å². The molecule has 0 unspecified atom stereocenters. The van der Waals surface area contributed by atoms with Crippen LogP contribution in [0.4, 0.5) is 8.78 Å². The van der Waals surface area contributed by atoms with Crippen LogP contribution in [0.3, 0.4) is 0 Å². The first-order chi connectivity index (χ1) is 21.1. The highest BCUT2D eigenvalue weighted by Gasteiger charge is 2.29. The number of aliphatic hydroxyl groups excluding tert-OH is 1. The molecule has 3 nitrogen and oxygen atoms in total. The third-order valence-electron chi connectivity index (χ3n) is 9.15. The third-order valence-corrected chi connectivity index (χ3v) is 9.15. The molecular weight excluding hydrogens is 540 g/mol. The predicted octanol–water partition coefficient (Wildman–Crippen LogP) is 10.1. The quantitative estimate of drug-likeness (QED) is 0.102. The molecule has 2 aromatic carbocycles. The van der Waals surface area contributed by atoms with Crippen molar-refractivity contribution in [3.05, 3.63) is 64.2 Å². The third kappa shape index (κ3) is 12.0. The summed E-state index contributed by atoms with van der Waals surface area (Å²) in [4.78, 5) is 0. The van der Waals surface area contributed by atoms with Crippen LogP contribution in [0.1, 0.15) is 145 Å². The van der Waals surface area contributed by atoms with Crippen LogP contribution in [0.5, 0.6) is 5.75 Å². The summed E-state index contributed by atoms with van der Waals surface area (Å²) in [6.45, 7) is 3.78. The number of rotatable bonds is 23. The van der Waals surface area contributed by atoms with E-state index < -0.39 is 0 Å². The van der Waals surface area contributed by atoms with Gasteiger partial charge in [-0.25, -0.2) is 13.4 Å². The van der Waals surface area contributed by atoms with Crippen molar-refractivity contribution in [2.24, 2.45) is 0 Å². The molecule has 5 heteroatoms. The summed E-state index contributed by atoms with van der Waals surface area (Å²) in [7, 11) is 1.77. The van der Waals surface area contributed by atoms with Gasteiger partial charge in [0.25, 0.3) is 0 Å². The Kier molecular flexibility index (Phi) is 16.9. The van der Waals surface area contributed by atoms with Crippen LogP contribution in [0.15, 0.2) is 30.3 Å². The zero-order valence-electron chi connectivity index (χ0n) is 27.2. The standard InChI is InChI=1S/C38H58F2NO2/c1-3-4-5-6-7-8-12-15-18-21-37-34-23-25-38(43-2)35(20-17-14-11-9-10-13-16-19-28-42)33(34)26-27-41(37)30-31-29-32(39)22-24-36(31)40/h22-25,29,42H,3-21,26-28,30H2,1-2H3/q+1. The molecule has 1 aliphatic heterocycles. The summed E-state index contributed by atoms with van der Waals surface area (Å²) in [6.07, 6.45) is 23.8. The monoisotopic (exact) mass is 598 g/mol. The van der Waals surface area contributed by atoms with Gasteiger partial charge in [0.1, 0.15) is 23.9 Å². The van der Waals surface area contributed by atoms with Gasteiger partial charge in [-0.3, -0.25) is 0 Å². The number of aliphatic hydroxyl groups is 1. The van der Waals surface area contributed by atoms with Crippen LogP contribution in [0.2, 0.25) is 0 Å². The first kappa shape index (κ1) is 35.2. The van der Waals surface area contributed by atoms with E-state index in [0.717, 1.165) is 57.2 Å². The first-order valence-corrected chi connectivity index (χ1v) is 17.4. The van der Waals surface area contributed by atoms with E-state index in [-0.39, 0.29) is 11.6 Å². The van der Waals surface area contributed by atoms with Gasteiger partial charge in [-0.05, 0) is 67.1 Å². The Bertz CT molecular complexity index is 1110. The molecule has 0 bridgehead atoms. The van der Waals surface area contributed by atoms with Crippen molar-refractivity contribution in [3.8, 4) is 5.75 Å². The van der Waals surface area contributed by atoms with Gasteiger partial charge in [-0.1, -0.05) is 96.8 Å². The normalized spacial score (nSPS) is 13.0. The molecule has 240 valence electrons. The van der Waals surface area contributed by atoms with Crippen LogP contribution in [-0.4, -0.2) is 35.7 Å². The van der Waals surface area contributed by atoms with Crippen molar-refractivity contribution in [1.82, 2.24) is 0 Å². The average Bonchev–Trinajstić information content (AvgIpc) is 3.01. The molecule has 1 N–H and O–H groups in total. The lowest BCUT2D eigenvalue weighted by Crippen LogP contribution is -2.31. The molecule has 3 rings (SSSR count). The molecule has 1 aliphatic rings. The lowest BCUT2D eigenvalue weighted by atomic mass is 9.87. The van der Waals surface area contributed by atoms with Gasteiger partial charge in [0.15, 0.2) is 12.3 Å². The smallest absolute Gasteiger partial charge is 0.183 e. The summed E-state index contributed by atoms with van der Waals surface area (Å²) in [6, 6.07) is 8.14. The fourth-order valence-electron chi connectivity index (χ4n) is 6.66. The second-order valence-corrected chi connectivity index (χ2v) is 12.5. The molecule has 0 radical (unpaired) electrons. The highest BCUT2D eigenvalue weighted by Crippen LogP contribution is 2.32. The summed E-state index contributed by atoms with van der Waals surface area (Å²) < 4.78 is 36.9. The van der Waals surface area contributed by atoms with Crippen LogP contribution in [0, 0.1) is 11.6 Å². The van der Waals surface area contributed by atoms with Crippen LogP contribution >= 0.6 is 0 Å². The average molecular weight is 599 g/mol. The Morgan fingerprint density at radius 1 is 0.744 bits per heavy atom. The van der Waals surface area contributed by atoms with Gasteiger partial charge in [-0.2, -0.15) is 0 Å². The number of hydrogen-bond acceptors (Lipinski definition) is 2. The van der Waals surface area contributed by atoms with Crippen molar-refractivity contribution in [1.29, 1.82) is 0 Å². The van der Waals surface area contributed by atoms with E-state index in [1.54, 1.807) is 7.11 Å². The molecular formula is C38H58F2NO2+. The van der Waals surface area contributed by atoms with Gasteiger partial charge in [0.2, 0.25) is 0 Å². The first-order valence-electron chi connectivity index (χ1n) is 17.4. The van der Waals surface area contributed by atoms with E-state index in [1.807, 2.05) is 0 Å². The summed E-state index contributed by atoms with van der Waals surface area (Å²) >= 11 is 0. The molecule has 1 heterocycles. The highest BCUT2D eigenvalue weighted by molar-refractivity contribution is 5.99. The Labute approximate surface area is 260 Å². The Hall–Kier alpha value is -2.27. The zero-order valence-corrected chi connectivity index (χ0v) is 27.2. The van der Waals surface area contributed by atoms with Gasteiger partial charge < -0.3 is 9.84 Å². The lowest BCUT2D eigenvalue weighted by molar-refractivity contribution is -0.546. The molecule has 0 aromatic heterocycles. The van der Waals surface area contributed by atoms with Crippen molar-refractivity contribution in [2.45, 2.75) is 142 Å². The number of methoxy groups -OCH3 is 1. The van der Waals surface area contributed by atoms with Gasteiger partial charge in [0, 0.05) is 25.0 Å². The number of unbranched alkanes of at least 4 members (excludes halogenated alkanes) is 15. The lowest BCUT2D eigenvalue weighted by Gasteiger charge is -2.23. The molecule has 0 amide bonds. The molecule has 0 fully saturated rings. The SMILES string of the molecule is CCCCCCCCCCCC1=[N+](Cc2cc(F)ccc2F)CCc2c1ccc(OC)c2CCCCCCCCCCO. The van der Waals surface area contributed by atoms with Crippen molar-refractivity contribution < 1.29 is 23.2 Å².